The van der Waals surface area contributed by atoms with Crippen molar-refractivity contribution in [3.05, 3.63) is 72.3 Å². The van der Waals surface area contributed by atoms with E-state index in [9.17, 15) is 9.59 Å². The highest BCUT2D eigenvalue weighted by atomic mass is 16.6. The summed E-state index contributed by atoms with van der Waals surface area (Å²) in [5, 5.41) is 7.38. The Bertz CT molecular complexity index is 1090. The third-order valence-electron chi connectivity index (χ3n) is 5.63. The van der Waals surface area contributed by atoms with E-state index >= 15 is 0 Å². The maximum atomic E-state index is 12.9. The predicted molar refractivity (Wildman–Crippen MR) is 125 cm³/mol. The molecule has 1 aliphatic rings. The second-order valence-corrected chi connectivity index (χ2v) is 9.31. The minimum atomic E-state index is -0.503. The van der Waals surface area contributed by atoms with Crippen LogP contribution in [0.4, 0.5) is 4.79 Å². The smallest absolute Gasteiger partial charge is 0.410 e. The van der Waals surface area contributed by atoms with Crippen molar-refractivity contribution < 1.29 is 14.3 Å². The van der Waals surface area contributed by atoms with Crippen molar-refractivity contribution in [2.75, 3.05) is 13.1 Å². The molecule has 0 atom stereocenters. The Morgan fingerprint density at radius 2 is 1.82 bits per heavy atom. The molecule has 0 unspecified atom stereocenters. The summed E-state index contributed by atoms with van der Waals surface area (Å²) < 4.78 is 9.30. The van der Waals surface area contributed by atoms with Crippen LogP contribution in [-0.2, 0) is 11.3 Å². The van der Waals surface area contributed by atoms with Crippen molar-refractivity contribution in [1.82, 2.24) is 24.6 Å². The van der Waals surface area contributed by atoms with Crippen LogP contribution in [0.1, 0.15) is 55.7 Å². The van der Waals surface area contributed by atoms with Gasteiger partial charge in [0.25, 0.3) is 5.91 Å². The molecular weight excluding hydrogens is 418 g/mol. The van der Waals surface area contributed by atoms with Gasteiger partial charge in [-0.25, -0.2) is 9.48 Å². The lowest BCUT2D eigenvalue weighted by atomic mass is 10.0. The molecule has 174 valence electrons. The van der Waals surface area contributed by atoms with Gasteiger partial charge in [0.05, 0.1) is 11.9 Å². The molecule has 2 amide bonds. The van der Waals surface area contributed by atoms with Crippen LogP contribution in [0.15, 0.2) is 61.1 Å². The van der Waals surface area contributed by atoms with Gasteiger partial charge in [-0.1, -0.05) is 18.2 Å². The van der Waals surface area contributed by atoms with Gasteiger partial charge < -0.3 is 19.5 Å². The number of nitrogens with zero attached hydrogens (tertiary/aromatic N) is 4. The number of rotatable bonds is 5. The highest BCUT2D eigenvalue weighted by Crippen LogP contribution is 2.26. The number of carbonyl (C=O) groups excluding carboxylic acids is 2. The van der Waals surface area contributed by atoms with E-state index in [0.717, 1.165) is 24.1 Å². The minimum absolute atomic E-state index is 0.123. The third kappa shape index (κ3) is 5.63. The van der Waals surface area contributed by atoms with E-state index in [-0.39, 0.29) is 18.0 Å². The lowest BCUT2D eigenvalue weighted by Crippen LogP contribution is -2.42. The zero-order valence-electron chi connectivity index (χ0n) is 19.4. The maximum absolute atomic E-state index is 12.9. The van der Waals surface area contributed by atoms with Crippen LogP contribution < -0.4 is 5.32 Å². The first kappa shape index (κ1) is 22.6. The zero-order valence-corrected chi connectivity index (χ0v) is 19.4. The van der Waals surface area contributed by atoms with Crippen LogP contribution >= 0.6 is 0 Å². The predicted octanol–water partition coefficient (Wildman–Crippen LogP) is 4.18. The number of para-hydroxylation sites is 1. The van der Waals surface area contributed by atoms with E-state index in [1.165, 1.54) is 0 Å². The molecule has 0 saturated carbocycles. The maximum Gasteiger partial charge on any atom is 0.410 e. The Morgan fingerprint density at radius 3 is 2.52 bits per heavy atom. The van der Waals surface area contributed by atoms with E-state index in [2.05, 4.69) is 10.4 Å². The fraction of sp³-hybridized carbons (Fsp3) is 0.400. The van der Waals surface area contributed by atoms with Gasteiger partial charge in [-0.3, -0.25) is 4.79 Å². The molecule has 4 rings (SSSR count). The van der Waals surface area contributed by atoms with E-state index in [1.54, 1.807) is 15.8 Å². The molecule has 0 aliphatic carbocycles. The zero-order chi connectivity index (χ0) is 23.4. The number of likely N-dealkylation sites (tertiary alicyclic amines) is 1. The van der Waals surface area contributed by atoms with E-state index in [0.29, 0.717) is 25.3 Å². The summed E-state index contributed by atoms with van der Waals surface area (Å²) in [4.78, 5) is 27.0. The second kappa shape index (κ2) is 9.52. The number of carbonyl (C=O) groups is 2. The van der Waals surface area contributed by atoms with Crippen molar-refractivity contribution in [2.24, 2.45) is 0 Å². The first-order chi connectivity index (χ1) is 15.8. The number of piperidine rings is 1. The van der Waals surface area contributed by atoms with Crippen LogP contribution in [0, 0.1) is 0 Å². The van der Waals surface area contributed by atoms with Crippen LogP contribution in [0.3, 0.4) is 0 Å². The van der Waals surface area contributed by atoms with Gasteiger partial charge in [-0.05, 0) is 57.9 Å². The van der Waals surface area contributed by atoms with Crippen molar-refractivity contribution in [3.8, 4) is 5.69 Å². The summed E-state index contributed by atoms with van der Waals surface area (Å²) in [6.07, 6.45) is 6.90. The van der Waals surface area contributed by atoms with E-state index in [1.807, 2.05) is 80.2 Å². The molecule has 0 bridgehead atoms. The number of hydrogen-bond acceptors (Lipinski definition) is 4. The molecule has 2 aromatic heterocycles. The van der Waals surface area contributed by atoms with Crippen LogP contribution in [0.2, 0.25) is 0 Å². The molecule has 1 aromatic carbocycles. The molecule has 0 radical (unpaired) electrons. The summed E-state index contributed by atoms with van der Waals surface area (Å²) >= 11 is 0. The van der Waals surface area contributed by atoms with Crippen molar-refractivity contribution in [2.45, 2.75) is 51.8 Å². The SMILES string of the molecule is CC(C)(C)OC(=O)N1CCC(n2cccc2C(=O)NCc2cnn(-c3ccccc3)c2)CC1. The van der Waals surface area contributed by atoms with Crippen LogP contribution in [0.25, 0.3) is 5.69 Å². The van der Waals surface area contributed by atoms with Crippen molar-refractivity contribution in [3.63, 3.8) is 0 Å². The molecule has 1 saturated heterocycles. The first-order valence-corrected chi connectivity index (χ1v) is 11.3. The Kier molecular flexibility index (Phi) is 6.53. The molecule has 3 heterocycles. The number of ether oxygens (including phenoxy) is 1. The average molecular weight is 450 g/mol. The summed E-state index contributed by atoms with van der Waals surface area (Å²) in [5.74, 6) is -0.123. The van der Waals surface area contributed by atoms with Gasteiger partial charge >= 0.3 is 6.09 Å². The van der Waals surface area contributed by atoms with Crippen LogP contribution in [0.5, 0.6) is 0 Å². The lowest BCUT2D eigenvalue weighted by Gasteiger charge is -2.34. The molecule has 8 heteroatoms. The van der Waals surface area contributed by atoms with Gasteiger partial charge in [0.15, 0.2) is 0 Å². The number of hydrogen-bond donors (Lipinski definition) is 1. The van der Waals surface area contributed by atoms with Gasteiger partial charge in [0, 0.05) is 43.6 Å². The van der Waals surface area contributed by atoms with Crippen LogP contribution in [-0.4, -0.2) is 49.9 Å². The van der Waals surface area contributed by atoms with Gasteiger partial charge in [0.1, 0.15) is 11.3 Å². The fourth-order valence-electron chi connectivity index (χ4n) is 4.00. The fourth-order valence-corrected chi connectivity index (χ4v) is 4.00. The Balaban J connectivity index is 1.33. The van der Waals surface area contributed by atoms with Gasteiger partial charge in [-0.2, -0.15) is 5.10 Å². The van der Waals surface area contributed by atoms with E-state index in [4.69, 9.17) is 4.74 Å². The lowest BCUT2D eigenvalue weighted by molar-refractivity contribution is 0.0187. The molecule has 0 spiro atoms. The summed E-state index contributed by atoms with van der Waals surface area (Å²) in [6, 6.07) is 13.7. The average Bonchev–Trinajstić information content (AvgIpc) is 3.47. The normalized spacial score (nSPS) is 14.8. The number of nitrogens with one attached hydrogen (secondary N) is 1. The molecule has 33 heavy (non-hydrogen) atoms. The Morgan fingerprint density at radius 1 is 1.09 bits per heavy atom. The molecular formula is C25H31N5O3. The third-order valence-corrected chi connectivity index (χ3v) is 5.63. The number of amides is 2. The van der Waals surface area contributed by atoms with Crippen molar-refractivity contribution >= 4 is 12.0 Å². The minimum Gasteiger partial charge on any atom is -0.444 e. The largest absolute Gasteiger partial charge is 0.444 e. The summed E-state index contributed by atoms with van der Waals surface area (Å²) in [5.41, 5.74) is 2.02. The summed E-state index contributed by atoms with van der Waals surface area (Å²) in [7, 11) is 0. The topological polar surface area (TPSA) is 81.4 Å². The number of aromatic nitrogens is 3. The quantitative estimate of drug-likeness (QED) is 0.634. The van der Waals surface area contributed by atoms with Gasteiger partial charge in [0.2, 0.25) is 0 Å². The Labute approximate surface area is 194 Å². The molecule has 1 fully saturated rings. The second-order valence-electron chi connectivity index (χ2n) is 9.31. The molecule has 1 aliphatic heterocycles. The highest BCUT2D eigenvalue weighted by molar-refractivity contribution is 5.92. The van der Waals surface area contributed by atoms with E-state index < -0.39 is 5.60 Å². The summed E-state index contributed by atoms with van der Waals surface area (Å²) in [6.45, 7) is 7.22. The number of benzene rings is 1. The molecule has 1 N–H and O–H groups in total. The standard InChI is InChI=1S/C25H31N5O3/c1-25(2,3)33-24(32)28-14-11-20(12-15-28)29-13-7-10-22(29)23(31)26-16-19-17-27-30(18-19)21-8-5-4-6-9-21/h4-10,13,17-18,20H,11-12,14-16H2,1-3H3,(H,26,31). The monoisotopic (exact) mass is 449 g/mol. The first-order valence-electron chi connectivity index (χ1n) is 11.3. The van der Waals surface area contributed by atoms with Crippen molar-refractivity contribution in [1.29, 1.82) is 0 Å². The molecule has 3 aromatic rings. The van der Waals surface area contributed by atoms with Gasteiger partial charge in [-0.15, -0.1) is 0 Å². The molecule has 8 nitrogen and oxygen atoms in total. The highest BCUT2D eigenvalue weighted by Gasteiger charge is 2.28. The Hall–Kier alpha value is -3.55.